The molecule has 0 aromatic heterocycles. The summed E-state index contributed by atoms with van der Waals surface area (Å²) in [4.78, 5) is 27.0. The molecule has 0 radical (unpaired) electrons. The lowest BCUT2D eigenvalue weighted by atomic mass is 9.94. The van der Waals surface area contributed by atoms with Crippen LogP contribution in [0.5, 0.6) is 0 Å². The first-order valence-electron chi connectivity index (χ1n) is 8.63. The predicted molar refractivity (Wildman–Crippen MR) is 101 cm³/mol. The van der Waals surface area contributed by atoms with Crippen molar-refractivity contribution in [2.45, 2.75) is 51.1 Å². The number of rotatable bonds is 6. The van der Waals surface area contributed by atoms with Crippen LogP contribution in [0.4, 0.5) is 0 Å². The number of benzene rings is 1. The summed E-state index contributed by atoms with van der Waals surface area (Å²) in [5.74, 6) is -0.386. The Kier molecular flexibility index (Phi) is 6.72. The van der Waals surface area contributed by atoms with E-state index < -0.39 is 11.6 Å². The molecule has 1 aromatic rings. The molecule has 138 valence electrons. The highest BCUT2D eigenvalue weighted by atomic mass is 35.5. The molecule has 1 saturated heterocycles. The summed E-state index contributed by atoms with van der Waals surface area (Å²) >= 11 is 12.0. The zero-order valence-electron chi connectivity index (χ0n) is 14.6. The molecule has 1 aromatic carbocycles. The van der Waals surface area contributed by atoms with E-state index in [-0.39, 0.29) is 11.8 Å². The van der Waals surface area contributed by atoms with Crippen molar-refractivity contribution >= 4 is 35.0 Å². The molecule has 0 bridgehead atoms. The summed E-state index contributed by atoms with van der Waals surface area (Å²) in [6.45, 7) is 4.95. The van der Waals surface area contributed by atoms with E-state index in [1.807, 2.05) is 13.8 Å². The van der Waals surface area contributed by atoms with Gasteiger partial charge in [0.2, 0.25) is 5.91 Å². The summed E-state index contributed by atoms with van der Waals surface area (Å²) in [5, 5.41) is 3.71. The Hall–Kier alpha value is -1.30. The van der Waals surface area contributed by atoms with Crippen LogP contribution in [0.25, 0.3) is 0 Å². The van der Waals surface area contributed by atoms with Crippen molar-refractivity contribution in [1.29, 1.82) is 0 Å². The molecule has 1 atom stereocenters. The summed E-state index contributed by atoms with van der Waals surface area (Å²) in [6, 6.07) is 4.23. The Bertz CT molecular complexity index is 627. The van der Waals surface area contributed by atoms with E-state index in [1.54, 1.807) is 23.1 Å². The van der Waals surface area contributed by atoms with Crippen LogP contribution in [-0.4, -0.2) is 41.4 Å². The summed E-state index contributed by atoms with van der Waals surface area (Å²) in [6.07, 6.45) is 2.98. The fourth-order valence-corrected chi connectivity index (χ4v) is 3.53. The van der Waals surface area contributed by atoms with Crippen LogP contribution < -0.4 is 11.1 Å². The number of halogens is 2. The van der Waals surface area contributed by atoms with Crippen molar-refractivity contribution in [2.75, 3.05) is 13.1 Å². The van der Waals surface area contributed by atoms with Gasteiger partial charge in [-0.2, -0.15) is 0 Å². The molecule has 1 unspecified atom stereocenters. The lowest BCUT2D eigenvalue weighted by Gasteiger charge is -2.29. The third kappa shape index (κ3) is 4.87. The smallest absolute Gasteiger partial charge is 0.254 e. The molecule has 1 aliphatic rings. The molecule has 25 heavy (non-hydrogen) atoms. The lowest BCUT2D eigenvalue weighted by molar-refractivity contribution is -0.125. The Morgan fingerprint density at radius 3 is 2.40 bits per heavy atom. The summed E-state index contributed by atoms with van der Waals surface area (Å²) < 4.78 is 0. The molecule has 1 heterocycles. The highest BCUT2D eigenvalue weighted by molar-refractivity contribution is 6.35. The van der Waals surface area contributed by atoms with Gasteiger partial charge in [0, 0.05) is 34.2 Å². The number of nitrogens with zero attached hydrogens (tertiary/aromatic N) is 1. The van der Waals surface area contributed by atoms with E-state index in [0.29, 0.717) is 35.1 Å². The standard InChI is InChI=1S/C18H25Cl2N3O2/c1-3-18(21,4-2)11-22-16(24)15-6-5-7-23(15)17(25)12-8-13(19)10-14(20)9-12/h8-10,15H,3-7,11,21H2,1-2H3,(H,22,24). The quantitative estimate of drug-likeness (QED) is 0.788. The number of hydrogen-bond acceptors (Lipinski definition) is 3. The fourth-order valence-electron chi connectivity index (χ4n) is 3.01. The first-order valence-corrected chi connectivity index (χ1v) is 9.39. The van der Waals surface area contributed by atoms with Gasteiger partial charge in [0.25, 0.3) is 5.91 Å². The van der Waals surface area contributed by atoms with Crippen molar-refractivity contribution in [3.05, 3.63) is 33.8 Å². The Morgan fingerprint density at radius 1 is 1.24 bits per heavy atom. The molecule has 0 aliphatic carbocycles. The summed E-state index contributed by atoms with van der Waals surface area (Å²) in [5.41, 5.74) is 6.22. The number of carbonyl (C=O) groups excluding carboxylic acids is 2. The van der Waals surface area contributed by atoms with Gasteiger partial charge in [-0.25, -0.2) is 0 Å². The van der Waals surface area contributed by atoms with E-state index in [4.69, 9.17) is 28.9 Å². The number of likely N-dealkylation sites (tertiary alicyclic amines) is 1. The van der Waals surface area contributed by atoms with E-state index in [1.165, 1.54) is 0 Å². The predicted octanol–water partition coefficient (Wildman–Crippen LogP) is 3.23. The van der Waals surface area contributed by atoms with Crippen molar-refractivity contribution < 1.29 is 9.59 Å². The largest absolute Gasteiger partial charge is 0.352 e. The molecule has 1 fully saturated rings. The minimum atomic E-state index is -0.483. The first kappa shape index (κ1) is 20.0. The third-order valence-electron chi connectivity index (χ3n) is 4.95. The highest BCUT2D eigenvalue weighted by Gasteiger charge is 2.35. The summed E-state index contributed by atoms with van der Waals surface area (Å²) in [7, 11) is 0. The molecule has 2 rings (SSSR count). The fraction of sp³-hybridized carbons (Fsp3) is 0.556. The second-order valence-electron chi connectivity index (χ2n) is 6.60. The van der Waals surface area contributed by atoms with Gasteiger partial charge in [-0.1, -0.05) is 37.0 Å². The Morgan fingerprint density at radius 2 is 1.84 bits per heavy atom. The van der Waals surface area contributed by atoms with E-state index in [9.17, 15) is 9.59 Å². The van der Waals surface area contributed by atoms with Gasteiger partial charge in [0.1, 0.15) is 6.04 Å². The normalized spacial score (nSPS) is 17.6. The van der Waals surface area contributed by atoms with Gasteiger partial charge in [-0.05, 0) is 43.9 Å². The molecule has 1 aliphatic heterocycles. The van der Waals surface area contributed by atoms with Crippen molar-refractivity contribution in [1.82, 2.24) is 10.2 Å². The van der Waals surface area contributed by atoms with Crippen molar-refractivity contribution in [3.63, 3.8) is 0 Å². The van der Waals surface area contributed by atoms with Crippen LogP contribution in [0.2, 0.25) is 10.0 Å². The van der Waals surface area contributed by atoms with Gasteiger partial charge in [0.05, 0.1) is 0 Å². The van der Waals surface area contributed by atoms with Gasteiger partial charge in [0.15, 0.2) is 0 Å². The van der Waals surface area contributed by atoms with Gasteiger partial charge in [-0.15, -0.1) is 0 Å². The molecular formula is C18H25Cl2N3O2. The van der Waals surface area contributed by atoms with Crippen LogP contribution in [0, 0.1) is 0 Å². The number of nitrogens with two attached hydrogens (primary N) is 1. The number of amides is 2. The topological polar surface area (TPSA) is 75.4 Å². The van der Waals surface area contributed by atoms with Gasteiger partial charge >= 0.3 is 0 Å². The highest BCUT2D eigenvalue weighted by Crippen LogP contribution is 2.24. The first-order chi connectivity index (χ1) is 11.8. The Labute approximate surface area is 158 Å². The number of carbonyl (C=O) groups is 2. The average Bonchev–Trinajstić information content (AvgIpc) is 3.07. The molecular weight excluding hydrogens is 361 g/mol. The monoisotopic (exact) mass is 385 g/mol. The zero-order valence-corrected chi connectivity index (χ0v) is 16.2. The minimum absolute atomic E-state index is 0.157. The van der Waals surface area contributed by atoms with E-state index in [0.717, 1.165) is 19.3 Å². The molecule has 2 amide bonds. The lowest BCUT2D eigenvalue weighted by Crippen LogP contribution is -2.53. The minimum Gasteiger partial charge on any atom is -0.352 e. The maximum atomic E-state index is 12.8. The second kappa shape index (κ2) is 8.39. The van der Waals surface area contributed by atoms with Crippen LogP contribution in [-0.2, 0) is 4.79 Å². The second-order valence-corrected chi connectivity index (χ2v) is 7.47. The molecule has 5 nitrogen and oxygen atoms in total. The zero-order chi connectivity index (χ0) is 18.6. The van der Waals surface area contributed by atoms with Crippen molar-refractivity contribution in [3.8, 4) is 0 Å². The third-order valence-corrected chi connectivity index (χ3v) is 5.39. The maximum absolute atomic E-state index is 12.8. The maximum Gasteiger partial charge on any atom is 0.254 e. The number of hydrogen-bond donors (Lipinski definition) is 2. The molecule has 3 N–H and O–H groups in total. The van der Waals surface area contributed by atoms with Crippen LogP contribution >= 0.6 is 23.2 Å². The SMILES string of the molecule is CCC(N)(CC)CNC(=O)C1CCCN1C(=O)c1cc(Cl)cc(Cl)c1. The van der Waals surface area contributed by atoms with Crippen LogP contribution in [0.3, 0.4) is 0 Å². The van der Waals surface area contributed by atoms with Gasteiger partial charge < -0.3 is 16.0 Å². The van der Waals surface area contributed by atoms with E-state index in [2.05, 4.69) is 5.32 Å². The molecule has 7 heteroatoms. The van der Waals surface area contributed by atoms with Crippen LogP contribution in [0.15, 0.2) is 18.2 Å². The van der Waals surface area contributed by atoms with Crippen LogP contribution in [0.1, 0.15) is 49.9 Å². The van der Waals surface area contributed by atoms with E-state index >= 15 is 0 Å². The molecule has 0 saturated carbocycles. The number of nitrogens with one attached hydrogen (secondary N) is 1. The molecule has 0 spiro atoms. The average molecular weight is 386 g/mol. The van der Waals surface area contributed by atoms with Crippen molar-refractivity contribution in [2.24, 2.45) is 5.73 Å². The Balaban J connectivity index is 2.08. The van der Waals surface area contributed by atoms with Gasteiger partial charge in [-0.3, -0.25) is 9.59 Å².